The Labute approximate surface area is 350 Å². The number of carbonyl (C=O) groups excluding carboxylic acids is 3. The number of nitrogens with two attached hydrogens (primary N) is 2. The van der Waals surface area contributed by atoms with E-state index >= 15 is 0 Å². The minimum absolute atomic E-state index is 0.0262. The molecule has 1 aliphatic rings. The highest BCUT2D eigenvalue weighted by Gasteiger charge is 2.52. The van der Waals surface area contributed by atoms with Crippen LogP contribution in [-0.2, 0) is 23.0 Å². The molecule has 304 valence electrons. The Morgan fingerprint density at radius 3 is 2.62 bits per heavy atom. The normalized spacial score (nSPS) is 14.2. The van der Waals surface area contributed by atoms with Gasteiger partial charge in [-0.25, -0.2) is 14.2 Å². The van der Waals surface area contributed by atoms with Crippen LogP contribution in [-0.4, -0.2) is 63.9 Å². The van der Waals surface area contributed by atoms with Crippen LogP contribution < -0.4 is 22.3 Å². The number of hydrogen-bond acceptors (Lipinski definition) is 10. The van der Waals surface area contributed by atoms with E-state index < -0.39 is 29.4 Å². The molecule has 15 nitrogen and oxygen atoms in total. The molecule has 1 fully saturated rings. The molecule has 0 aliphatic heterocycles. The summed E-state index contributed by atoms with van der Waals surface area (Å²) in [7, 11) is 0.0384. The van der Waals surface area contributed by atoms with Crippen molar-refractivity contribution in [3.63, 3.8) is 0 Å². The minimum atomic E-state index is -0.953. The molecule has 0 saturated heterocycles. The van der Waals surface area contributed by atoms with E-state index in [4.69, 9.17) is 17.6 Å². The van der Waals surface area contributed by atoms with E-state index in [1.165, 1.54) is 21.6 Å². The molecule has 1 aliphatic carbocycles. The zero-order chi connectivity index (χ0) is 43.1. The fourth-order valence-electron chi connectivity index (χ4n) is 7.69. The zero-order valence-electron chi connectivity index (χ0n) is 34.0. The number of esters is 1. The Bertz CT molecular complexity index is 3190. The van der Waals surface area contributed by atoms with Crippen molar-refractivity contribution >= 4 is 50.9 Å². The smallest absolute Gasteiger partial charge is 0.323 e. The number of fused-ring (bicyclic) bond motifs is 3. The van der Waals surface area contributed by atoms with E-state index in [9.17, 15) is 19.2 Å². The van der Waals surface area contributed by atoms with Crippen molar-refractivity contribution in [1.82, 2.24) is 38.8 Å². The van der Waals surface area contributed by atoms with Gasteiger partial charge in [0.15, 0.2) is 11.5 Å². The van der Waals surface area contributed by atoms with Crippen LogP contribution in [0.1, 0.15) is 64.7 Å². The molecule has 9 rings (SSSR count). The summed E-state index contributed by atoms with van der Waals surface area (Å²) >= 11 is 0. The first-order valence-electron chi connectivity index (χ1n) is 20.3. The third kappa shape index (κ3) is 7.19. The highest BCUT2D eigenvalue weighted by Crippen LogP contribution is 2.47. The summed E-state index contributed by atoms with van der Waals surface area (Å²) in [6.07, 6.45) is 9.29. The Balaban J connectivity index is 0.934. The fraction of sp³-hybridized carbons (Fsp3) is 0.196. The van der Waals surface area contributed by atoms with Crippen LogP contribution in [0, 0.1) is 17.3 Å². The average Bonchev–Trinajstić information content (AvgIpc) is 3.59. The third-order valence-corrected chi connectivity index (χ3v) is 11.1. The van der Waals surface area contributed by atoms with Crippen molar-refractivity contribution in [2.75, 3.05) is 12.3 Å². The van der Waals surface area contributed by atoms with Gasteiger partial charge in [-0.05, 0) is 67.1 Å². The van der Waals surface area contributed by atoms with E-state index in [0.29, 0.717) is 51.8 Å². The van der Waals surface area contributed by atoms with Crippen molar-refractivity contribution < 1.29 is 20.5 Å². The molecule has 1 saturated carbocycles. The molecule has 3 aromatic carbocycles. The van der Waals surface area contributed by atoms with Gasteiger partial charge in [-0.2, -0.15) is 5.10 Å². The largest absolute Gasteiger partial charge is 0.463 e. The van der Waals surface area contributed by atoms with Gasteiger partial charge in [0.05, 0.1) is 28.6 Å². The number of nitrogen functional groups attached to an aromatic ring is 1. The Hall–Kier alpha value is -7.83. The maximum absolute atomic E-state index is 14.6. The van der Waals surface area contributed by atoms with Gasteiger partial charge in [0.1, 0.15) is 18.2 Å². The van der Waals surface area contributed by atoms with Crippen LogP contribution in [0.15, 0.2) is 121 Å². The second-order valence-corrected chi connectivity index (χ2v) is 15.2. The van der Waals surface area contributed by atoms with E-state index in [-0.39, 0.29) is 42.9 Å². The second kappa shape index (κ2) is 15.4. The number of benzene rings is 3. The van der Waals surface area contributed by atoms with Crippen LogP contribution in [0.2, 0.25) is 0 Å². The predicted molar refractivity (Wildman–Crippen MR) is 229 cm³/mol. The first-order valence-corrected chi connectivity index (χ1v) is 19.6. The Kier molecular flexibility index (Phi) is 9.45. The summed E-state index contributed by atoms with van der Waals surface area (Å²) in [6.45, 7) is 1.65. The SMILES string of the molecule is [2H]Cn1cc(C[C@H](N)C(=O)OCC2(C(=O)n3cc(C#Cc4cccc5cc([C@H](C)NC(=O)c6c(N)nn7cccnc67)n(-c6ccccc6)c(=O)c45)cn3)CC2)c2ccccc21. The quantitative estimate of drug-likeness (QED) is 0.128. The second-order valence-electron chi connectivity index (χ2n) is 15.2. The highest BCUT2D eigenvalue weighted by molar-refractivity contribution is 6.04. The molecule has 2 atom stereocenters. The standard InChI is InChI=1S/C46H40N10O5/c1-28(51-42(57)39-40(48)52-54-21-9-20-49-41(39)54)37-23-31-11-8-10-30(38(31)43(58)56(37)33-12-4-3-5-13-33)17-16-29-24-50-55(25-29)45(60)46(18-19-46)27-61-44(59)35(47)22-32-26-53(2)36-15-7-6-14-34(32)36/h3-15,20-21,23-26,28,35H,18-19,22,27,47H2,1-2H3,(H2,48,52)(H,51,57)/t28-,35-/m0/s1/i2D. The van der Waals surface area contributed by atoms with Gasteiger partial charge in [-0.15, -0.1) is 5.10 Å². The van der Waals surface area contributed by atoms with E-state index in [0.717, 1.165) is 16.5 Å². The number of pyridine rings is 1. The average molecular weight is 814 g/mol. The maximum atomic E-state index is 14.6. The number of hydrogen-bond donors (Lipinski definition) is 3. The number of carbonyl (C=O) groups is 3. The van der Waals surface area contributed by atoms with Gasteiger partial charge in [0.25, 0.3) is 17.4 Å². The van der Waals surface area contributed by atoms with E-state index in [2.05, 4.69) is 32.3 Å². The summed E-state index contributed by atoms with van der Waals surface area (Å²) in [5, 5.41) is 13.4. The van der Waals surface area contributed by atoms with Gasteiger partial charge < -0.3 is 26.1 Å². The molecule has 5 aromatic heterocycles. The number of nitrogens with one attached hydrogen (secondary N) is 1. The first-order chi connectivity index (χ1) is 30.0. The number of amides is 1. The summed E-state index contributed by atoms with van der Waals surface area (Å²) in [5.41, 5.74) is 15.3. The van der Waals surface area contributed by atoms with E-state index in [1.54, 1.807) is 46.7 Å². The number of para-hydroxylation sites is 2. The lowest BCUT2D eigenvalue weighted by Gasteiger charge is -2.21. The first kappa shape index (κ1) is 37.4. The maximum Gasteiger partial charge on any atom is 0.323 e. The van der Waals surface area contributed by atoms with Crippen LogP contribution in [0.4, 0.5) is 5.82 Å². The molecule has 1 amide bonds. The van der Waals surface area contributed by atoms with Crippen LogP contribution >= 0.6 is 0 Å². The molecule has 0 spiro atoms. The molecule has 0 unspecified atom stereocenters. The molecule has 8 aromatic rings. The lowest BCUT2D eigenvalue weighted by molar-refractivity contribution is -0.146. The molecular weight excluding hydrogens is 773 g/mol. The molecule has 0 bridgehead atoms. The van der Waals surface area contributed by atoms with Crippen molar-refractivity contribution in [3.05, 3.63) is 154 Å². The molecule has 5 N–H and O–H groups in total. The molecule has 5 heterocycles. The number of aryl methyl sites for hydroxylation is 1. The lowest BCUT2D eigenvalue weighted by Crippen LogP contribution is -2.37. The molecular formula is C46H40N10O5. The van der Waals surface area contributed by atoms with Gasteiger partial charge >= 0.3 is 5.97 Å². The topological polar surface area (TPSA) is 199 Å². The van der Waals surface area contributed by atoms with Crippen molar-refractivity contribution in [3.8, 4) is 17.5 Å². The number of anilines is 1. The van der Waals surface area contributed by atoms with Crippen LogP contribution in [0.5, 0.6) is 0 Å². The lowest BCUT2D eigenvalue weighted by atomic mass is 10.0. The fourth-order valence-corrected chi connectivity index (χ4v) is 7.69. The number of aromatic nitrogens is 7. The number of ether oxygens (including phenoxy) is 1. The van der Waals surface area contributed by atoms with Crippen molar-refractivity contribution in [2.24, 2.45) is 18.2 Å². The highest BCUT2D eigenvalue weighted by atomic mass is 16.5. The van der Waals surface area contributed by atoms with E-state index in [1.807, 2.05) is 72.9 Å². The van der Waals surface area contributed by atoms with Gasteiger partial charge in [0, 0.05) is 67.5 Å². The number of nitrogens with zero attached hydrogens (tertiary/aromatic N) is 7. The Morgan fingerprint density at radius 1 is 1.02 bits per heavy atom. The van der Waals surface area contributed by atoms with Crippen LogP contribution in [0.25, 0.3) is 33.0 Å². The van der Waals surface area contributed by atoms with Crippen LogP contribution in [0.3, 0.4) is 0 Å². The molecule has 61 heavy (non-hydrogen) atoms. The number of rotatable bonds is 10. The monoisotopic (exact) mass is 813 g/mol. The minimum Gasteiger partial charge on any atom is -0.463 e. The summed E-state index contributed by atoms with van der Waals surface area (Å²) < 4.78 is 19.4. The summed E-state index contributed by atoms with van der Waals surface area (Å²) in [5.74, 6) is 4.77. The summed E-state index contributed by atoms with van der Waals surface area (Å²) in [4.78, 5) is 59.2. The third-order valence-electron chi connectivity index (χ3n) is 11.1. The Morgan fingerprint density at radius 2 is 1.82 bits per heavy atom. The van der Waals surface area contributed by atoms with Gasteiger partial charge in [-0.3, -0.25) is 23.7 Å². The predicted octanol–water partition coefficient (Wildman–Crippen LogP) is 4.73. The van der Waals surface area contributed by atoms with Crippen molar-refractivity contribution in [1.29, 1.82) is 0 Å². The summed E-state index contributed by atoms with van der Waals surface area (Å²) in [6, 6.07) is 24.0. The van der Waals surface area contributed by atoms with Gasteiger partial charge in [0.2, 0.25) is 0 Å². The van der Waals surface area contributed by atoms with Gasteiger partial charge in [-0.1, -0.05) is 60.4 Å². The molecule has 15 heteroatoms. The zero-order valence-corrected chi connectivity index (χ0v) is 33.0. The molecule has 0 radical (unpaired) electrons. The van der Waals surface area contributed by atoms with Crippen molar-refractivity contribution in [2.45, 2.75) is 38.3 Å².